The van der Waals surface area contributed by atoms with Crippen molar-refractivity contribution in [2.24, 2.45) is 0 Å². The number of hydrogen-bond acceptors (Lipinski definition) is 3. The highest BCUT2D eigenvalue weighted by molar-refractivity contribution is 7.85. The number of imidazole rings is 1. The van der Waals surface area contributed by atoms with Crippen LogP contribution < -0.4 is 5.32 Å². The Balaban J connectivity index is 2.03. The summed E-state index contributed by atoms with van der Waals surface area (Å²) in [5.74, 6) is 0.767. The van der Waals surface area contributed by atoms with Crippen LogP contribution in [0.2, 0.25) is 0 Å². The first-order chi connectivity index (χ1) is 10.6. The Hall–Kier alpha value is -2.15. The molecule has 0 saturated carbocycles. The zero-order valence-corrected chi connectivity index (χ0v) is 13.2. The van der Waals surface area contributed by atoms with Crippen LogP contribution in [-0.4, -0.2) is 31.1 Å². The van der Waals surface area contributed by atoms with E-state index < -0.39 is 16.9 Å². The van der Waals surface area contributed by atoms with Gasteiger partial charge in [0.05, 0.1) is 21.8 Å². The number of aromatic nitrogens is 2. The van der Waals surface area contributed by atoms with Gasteiger partial charge in [-0.2, -0.15) is 0 Å². The van der Waals surface area contributed by atoms with E-state index in [1.165, 1.54) is 0 Å². The minimum absolute atomic E-state index is 0.162. The van der Waals surface area contributed by atoms with Crippen molar-refractivity contribution in [1.29, 1.82) is 0 Å². The van der Waals surface area contributed by atoms with Crippen LogP contribution in [0.3, 0.4) is 0 Å². The zero-order valence-electron chi connectivity index (χ0n) is 12.3. The summed E-state index contributed by atoms with van der Waals surface area (Å²) in [4.78, 5) is 18.3. The van der Waals surface area contributed by atoms with Gasteiger partial charge in [0.25, 0.3) is 0 Å². The first kappa shape index (κ1) is 16.2. The third-order valence-electron chi connectivity index (χ3n) is 3.04. The molecule has 1 heterocycles. The van der Waals surface area contributed by atoms with Crippen molar-refractivity contribution < 1.29 is 14.1 Å². The van der Waals surface area contributed by atoms with Gasteiger partial charge in [-0.1, -0.05) is 19.1 Å². The van der Waals surface area contributed by atoms with Crippen molar-refractivity contribution in [2.45, 2.75) is 31.1 Å². The predicted molar refractivity (Wildman–Crippen MR) is 87.7 cm³/mol. The molecule has 6 nitrogen and oxygen atoms in total. The summed E-state index contributed by atoms with van der Waals surface area (Å²) in [6.07, 6.45) is 5.86. The van der Waals surface area contributed by atoms with E-state index in [1.54, 1.807) is 18.2 Å². The fourth-order valence-electron chi connectivity index (χ4n) is 2.03. The Labute approximate surface area is 131 Å². The Morgan fingerprint density at radius 3 is 3.00 bits per heavy atom. The van der Waals surface area contributed by atoms with Crippen molar-refractivity contribution in [3.8, 4) is 0 Å². The average molecular weight is 321 g/mol. The second kappa shape index (κ2) is 7.74. The van der Waals surface area contributed by atoms with Crippen LogP contribution in [0, 0.1) is 0 Å². The second-order valence-corrected chi connectivity index (χ2v) is 6.34. The number of nitrogens with zero attached hydrogens (tertiary/aromatic N) is 1. The number of nitrogens with one attached hydrogen (secondary N) is 2. The normalized spacial score (nSPS) is 12.8. The number of amides is 1. The summed E-state index contributed by atoms with van der Waals surface area (Å²) < 4.78 is 12.2. The summed E-state index contributed by atoms with van der Waals surface area (Å²) in [5, 5.41) is 10.8. The van der Waals surface area contributed by atoms with Gasteiger partial charge in [-0.3, -0.25) is 9.53 Å². The molecular formula is C15H19N3O3S. The van der Waals surface area contributed by atoms with E-state index in [0.717, 1.165) is 24.2 Å². The van der Waals surface area contributed by atoms with Crippen molar-refractivity contribution in [2.75, 3.05) is 11.1 Å². The molecule has 1 aromatic carbocycles. The molecule has 0 bridgehead atoms. The van der Waals surface area contributed by atoms with Gasteiger partial charge < -0.3 is 10.1 Å². The molecule has 118 valence electrons. The largest absolute Gasteiger partial charge is 0.465 e. The number of fused-ring (bicyclic) bond motifs is 1. The standard InChI is InChI=1S/C15H19N3O3S/c1-2-3-4-5-6-9-22(21)11-7-8-12-13(10-11)17-14(16-12)18-15(19)20/h3-4,7-8,10H,2,5-6,9H2,1H3,(H,19,20)(H2,16,17,18). The first-order valence-electron chi connectivity index (χ1n) is 7.13. The minimum Gasteiger partial charge on any atom is -0.465 e. The topological polar surface area (TPSA) is 95.1 Å². The minimum atomic E-state index is -1.18. The quantitative estimate of drug-likeness (QED) is 0.537. The third-order valence-corrected chi connectivity index (χ3v) is 4.48. The highest BCUT2D eigenvalue weighted by atomic mass is 32.2. The van der Waals surface area contributed by atoms with Gasteiger partial charge in [0.15, 0.2) is 0 Å². The maximum atomic E-state index is 12.2. The smallest absolute Gasteiger partial charge is 0.411 e. The number of anilines is 1. The van der Waals surface area contributed by atoms with Gasteiger partial charge in [-0.25, -0.2) is 9.78 Å². The molecule has 1 aromatic heterocycles. The number of H-pyrrole nitrogens is 1. The van der Waals surface area contributed by atoms with E-state index in [4.69, 9.17) is 5.11 Å². The molecule has 1 atom stereocenters. The molecule has 22 heavy (non-hydrogen) atoms. The van der Waals surface area contributed by atoms with Gasteiger partial charge >= 0.3 is 6.09 Å². The molecule has 0 aliphatic rings. The van der Waals surface area contributed by atoms with E-state index in [0.29, 0.717) is 16.8 Å². The molecule has 0 fully saturated rings. The summed E-state index contributed by atoms with van der Waals surface area (Å²) in [6, 6.07) is 5.27. The summed E-state index contributed by atoms with van der Waals surface area (Å²) >= 11 is 0. The molecule has 1 unspecified atom stereocenters. The zero-order chi connectivity index (χ0) is 15.9. The molecule has 2 aromatic rings. The van der Waals surface area contributed by atoms with Gasteiger partial charge in [0.1, 0.15) is 0 Å². The SMILES string of the molecule is CCC=CCCCS(=O)c1ccc2nc(NC(=O)O)[nH]c2c1. The van der Waals surface area contributed by atoms with Crippen molar-refractivity contribution >= 4 is 33.9 Å². The predicted octanol–water partition coefficient (Wildman–Crippen LogP) is 3.51. The van der Waals surface area contributed by atoms with Crippen LogP contribution in [0.4, 0.5) is 10.7 Å². The summed E-state index contributed by atoms with van der Waals surface area (Å²) in [7, 11) is -1.06. The van der Waals surface area contributed by atoms with E-state index >= 15 is 0 Å². The van der Waals surface area contributed by atoms with Crippen LogP contribution in [0.5, 0.6) is 0 Å². The monoisotopic (exact) mass is 321 g/mol. The lowest BCUT2D eigenvalue weighted by atomic mass is 10.3. The van der Waals surface area contributed by atoms with Crippen LogP contribution in [0.1, 0.15) is 26.2 Å². The lowest BCUT2D eigenvalue weighted by Crippen LogP contribution is -2.08. The van der Waals surface area contributed by atoms with Gasteiger partial charge in [-0.05, 0) is 37.5 Å². The number of benzene rings is 1. The molecule has 1 amide bonds. The Bertz CT molecular complexity index is 709. The van der Waals surface area contributed by atoms with Crippen LogP contribution in [-0.2, 0) is 10.8 Å². The van der Waals surface area contributed by atoms with Crippen molar-refractivity contribution in [1.82, 2.24) is 9.97 Å². The molecular weight excluding hydrogens is 302 g/mol. The number of rotatable bonds is 7. The van der Waals surface area contributed by atoms with Crippen LogP contribution >= 0.6 is 0 Å². The summed E-state index contributed by atoms with van der Waals surface area (Å²) in [6.45, 7) is 2.09. The van der Waals surface area contributed by atoms with Crippen molar-refractivity contribution in [3.63, 3.8) is 0 Å². The highest BCUT2D eigenvalue weighted by Crippen LogP contribution is 2.19. The number of hydrogen-bond donors (Lipinski definition) is 3. The average Bonchev–Trinajstić information content (AvgIpc) is 2.87. The maximum Gasteiger partial charge on any atom is 0.411 e. The van der Waals surface area contributed by atoms with Gasteiger partial charge in [-0.15, -0.1) is 0 Å². The van der Waals surface area contributed by atoms with Gasteiger partial charge in [0.2, 0.25) is 5.95 Å². The lowest BCUT2D eigenvalue weighted by Gasteiger charge is -2.01. The number of aromatic amines is 1. The fraction of sp³-hybridized carbons (Fsp3) is 0.333. The van der Waals surface area contributed by atoms with E-state index in [-0.39, 0.29) is 5.95 Å². The lowest BCUT2D eigenvalue weighted by molar-refractivity contribution is 0.209. The Kier molecular flexibility index (Phi) is 5.71. The van der Waals surface area contributed by atoms with Gasteiger partial charge in [0, 0.05) is 10.6 Å². The molecule has 0 aliphatic heterocycles. The first-order valence-corrected chi connectivity index (χ1v) is 8.45. The van der Waals surface area contributed by atoms with Crippen LogP contribution in [0.25, 0.3) is 11.0 Å². The Morgan fingerprint density at radius 1 is 1.45 bits per heavy atom. The highest BCUT2D eigenvalue weighted by Gasteiger charge is 2.09. The third kappa shape index (κ3) is 4.42. The molecule has 2 rings (SSSR count). The van der Waals surface area contributed by atoms with Crippen molar-refractivity contribution in [3.05, 3.63) is 30.4 Å². The number of unbranched alkanes of at least 4 members (excludes halogenated alkanes) is 1. The van der Waals surface area contributed by atoms with E-state index in [1.807, 2.05) is 0 Å². The van der Waals surface area contributed by atoms with E-state index in [2.05, 4.69) is 34.4 Å². The van der Waals surface area contributed by atoms with Crippen LogP contribution in [0.15, 0.2) is 35.2 Å². The number of carbonyl (C=O) groups is 1. The Morgan fingerprint density at radius 2 is 2.27 bits per heavy atom. The molecule has 3 N–H and O–H groups in total. The molecule has 0 radical (unpaired) electrons. The maximum absolute atomic E-state index is 12.2. The number of carboxylic acid groups (broad SMARTS) is 1. The fourth-order valence-corrected chi connectivity index (χ4v) is 3.16. The molecule has 0 aliphatic carbocycles. The molecule has 0 spiro atoms. The molecule has 0 saturated heterocycles. The molecule has 7 heteroatoms. The second-order valence-electron chi connectivity index (χ2n) is 4.77. The summed E-state index contributed by atoms with van der Waals surface area (Å²) in [5.41, 5.74) is 1.30. The van der Waals surface area contributed by atoms with E-state index in [9.17, 15) is 9.00 Å². The number of allylic oxidation sites excluding steroid dienone is 2.